The summed E-state index contributed by atoms with van der Waals surface area (Å²) >= 11 is 4.88. The zero-order valence-corrected chi connectivity index (χ0v) is 12.4. The van der Waals surface area contributed by atoms with Crippen molar-refractivity contribution >= 4 is 28.7 Å². The highest BCUT2D eigenvalue weighted by Crippen LogP contribution is 2.39. The van der Waals surface area contributed by atoms with Crippen LogP contribution in [-0.4, -0.2) is 19.2 Å². The largest absolute Gasteiger partial charge is 0.378 e. The van der Waals surface area contributed by atoms with Gasteiger partial charge in [-0.05, 0) is 65.2 Å². The van der Waals surface area contributed by atoms with Crippen LogP contribution in [0.25, 0.3) is 11.1 Å². The number of fused-ring (bicyclic) bond motifs is 3. The van der Waals surface area contributed by atoms with Gasteiger partial charge in [0.15, 0.2) is 5.11 Å². The van der Waals surface area contributed by atoms with Gasteiger partial charge in [-0.2, -0.15) is 0 Å². The Hall–Kier alpha value is -2.07. The van der Waals surface area contributed by atoms with Crippen molar-refractivity contribution < 1.29 is 0 Å². The molecule has 1 aliphatic carbocycles. The zero-order chi connectivity index (χ0) is 14.3. The second-order valence-corrected chi connectivity index (χ2v) is 5.71. The van der Waals surface area contributed by atoms with Crippen LogP contribution in [0.2, 0.25) is 0 Å². The molecule has 3 N–H and O–H groups in total. The average molecular weight is 283 g/mol. The molecule has 0 aromatic heterocycles. The van der Waals surface area contributed by atoms with Crippen LogP contribution < -0.4 is 16.0 Å². The summed E-state index contributed by atoms with van der Waals surface area (Å²) in [4.78, 5) is 2.13. The van der Waals surface area contributed by atoms with Crippen molar-refractivity contribution in [2.75, 3.05) is 24.3 Å². The molecular weight excluding hydrogens is 266 g/mol. The molecule has 20 heavy (non-hydrogen) atoms. The number of rotatable bonds is 2. The van der Waals surface area contributed by atoms with Gasteiger partial charge in [0.2, 0.25) is 0 Å². The molecule has 0 radical (unpaired) electrons. The maximum Gasteiger partial charge on any atom is 0.168 e. The summed E-state index contributed by atoms with van der Waals surface area (Å²) in [6, 6.07) is 12.9. The van der Waals surface area contributed by atoms with Crippen molar-refractivity contribution in [1.29, 1.82) is 0 Å². The fourth-order valence-corrected chi connectivity index (χ4v) is 2.81. The number of nitrogens with zero attached hydrogens (tertiary/aromatic N) is 1. The summed E-state index contributed by atoms with van der Waals surface area (Å²) in [6.07, 6.45) is 0.958. The molecule has 0 heterocycles. The van der Waals surface area contributed by atoms with E-state index >= 15 is 0 Å². The Labute approximate surface area is 124 Å². The van der Waals surface area contributed by atoms with E-state index < -0.39 is 0 Å². The normalized spacial score (nSPS) is 11.7. The summed E-state index contributed by atoms with van der Waals surface area (Å²) in [7, 11) is 4.13. The van der Waals surface area contributed by atoms with Crippen molar-refractivity contribution in [3.05, 3.63) is 47.5 Å². The molecule has 0 fully saturated rings. The van der Waals surface area contributed by atoms with E-state index in [2.05, 4.69) is 54.6 Å². The number of hydrogen-bond donors (Lipinski definition) is 2. The van der Waals surface area contributed by atoms with Crippen molar-refractivity contribution in [2.24, 2.45) is 5.73 Å². The molecule has 0 saturated carbocycles. The molecule has 0 unspecified atom stereocenters. The molecule has 1 aliphatic rings. The zero-order valence-electron chi connectivity index (χ0n) is 11.6. The highest BCUT2D eigenvalue weighted by Gasteiger charge is 2.19. The van der Waals surface area contributed by atoms with E-state index in [1.807, 2.05) is 6.07 Å². The highest BCUT2D eigenvalue weighted by molar-refractivity contribution is 7.80. The maximum atomic E-state index is 5.52. The molecule has 0 saturated heterocycles. The number of thiocarbonyl (C=S) groups is 1. The number of hydrogen-bond acceptors (Lipinski definition) is 2. The summed E-state index contributed by atoms with van der Waals surface area (Å²) in [5.41, 5.74) is 13.0. The number of nitrogens with one attached hydrogen (secondary N) is 1. The molecular formula is C16H17N3S. The van der Waals surface area contributed by atoms with Gasteiger partial charge in [0.1, 0.15) is 0 Å². The van der Waals surface area contributed by atoms with Crippen LogP contribution in [0, 0.1) is 0 Å². The second-order valence-electron chi connectivity index (χ2n) is 5.27. The molecule has 3 rings (SSSR count). The summed E-state index contributed by atoms with van der Waals surface area (Å²) in [6.45, 7) is 0. The van der Waals surface area contributed by atoms with E-state index in [0.717, 1.165) is 12.1 Å². The third-order valence-corrected chi connectivity index (χ3v) is 3.75. The monoisotopic (exact) mass is 283 g/mol. The van der Waals surface area contributed by atoms with Crippen LogP contribution in [0.1, 0.15) is 11.1 Å². The van der Waals surface area contributed by atoms with E-state index in [1.165, 1.54) is 27.9 Å². The Morgan fingerprint density at radius 1 is 1.10 bits per heavy atom. The van der Waals surface area contributed by atoms with Crippen LogP contribution in [0.15, 0.2) is 36.4 Å². The molecule has 2 aromatic rings. The first-order chi connectivity index (χ1) is 9.54. The molecule has 102 valence electrons. The minimum absolute atomic E-state index is 0.301. The van der Waals surface area contributed by atoms with E-state index in [4.69, 9.17) is 18.0 Å². The van der Waals surface area contributed by atoms with Crippen LogP contribution >= 0.6 is 12.2 Å². The molecule has 3 nitrogen and oxygen atoms in total. The van der Waals surface area contributed by atoms with E-state index in [-0.39, 0.29) is 0 Å². The van der Waals surface area contributed by atoms with Gasteiger partial charge in [0.05, 0.1) is 0 Å². The third kappa shape index (κ3) is 2.23. The van der Waals surface area contributed by atoms with E-state index in [1.54, 1.807) is 0 Å². The van der Waals surface area contributed by atoms with Crippen LogP contribution in [0.5, 0.6) is 0 Å². The molecule has 2 aromatic carbocycles. The summed E-state index contributed by atoms with van der Waals surface area (Å²) in [5.74, 6) is 0. The van der Waals surface area contributed by atoms with Gasteiger partial charge in [-0.15, -0.1) is 0 Å². The summed E-state index contributed by atoms with van der Waals surface area (Å²) < 4.78 is 0. The molecule has 0 amide bonds. The Kier molecular flexibility index (Phi) is 3.10. The van der Waals surface area contributed by atoms with Gasteiger partial charge in [0, 0.05) is 25.5 Å². The molecule has 4 heteroatoms. The molecule has 0 aliphatic heterocycles. The fourth-order valence-electron chi connectivity index (χ4n) is 2.70. The lowest BCUT2D eigenvalue weighted by Gasteiger charge is -2.13. The van der Waals surface area contributed by atoms with Gasteiger partial charge >= 0.3 is 0 Å². The number of benzene rings is 2. The lowest BCUT2D eigenvalue weighted by molar-refractivity contribution is 1.12. The Bertz CT molecular complexity index is 692. The fraction of sp³-hybridized carbons (Fsp3) is 0.188. The lowest BCUT2D eigenvalue weighted by Crippen LogP contribution is -2.18. The van der Waals surface area contributed by atoms with Crippen LogP contribution in [0.4, 0.5) is 11.4 Å². The molecule has 0 bridgehead atoms. The minimum atomic E-state index is 0.301. The minimum Gasteiger partial charge on any atom is -0.378 e. The number of anilines is 2. The number of nitrogens with two attached hydrogens (primary N) is 1. The Balaban J connectivity index is 1.99. The third-order valence-electron chi connectivity index (χ3n) is 3.65. The van der Waals surface area contributed by atoms with E-state index in [0.29, 0.717) is 5.11 Å². The van der Waals surface area contributed by atoms with Crippen LogP contribution in [-0.2, 0) is 6.42 Å². The predicted octanol–water partition coefficient (Wildman–Crippen LogP) is 2.98. The summed E-state index contributed by atoms with van der Waals surface area (Å²) in [5, 5.41) is 3.29. The lowest BCUT2D eigenvalue weighted by atomic mass is 10.0. The first-order valence-corrected chi connectivity index (χ1v) is 6.95. The van der Waals surface area contributed by atoms with Crippen molar-refractivity contribution in [3.8, 4) is 11.1 Å². The van der Waals surface area contributed by atoms with Crippen molar-refractivity contribution in [1.82, 2.24) is 0 Å². The average Bonchev–Trinajstić information content (AvgIpc) is 2.74. The van der Waals surface area contributed by atoms with E-state index in [9.17, 15) is 0 Å². The first kappa shape index (κ1) is 12.9. The molecule has 0 spiro atoms. The highest BCUT2D eigenvalue weighted by atomic mass is 32.1. The SMILES string of the molecule is CN(C)c1ccc2c(c1)Cc1cc(NC(N)=S)ccc1-2. The quantitative estimate of drug-likeness (QED) is 0.710. The van der Waals surface area contributed by atoms with Crippen LogP contribution in [0.3, 0.4) is 0 Å². The van der Waals surface area contributed by atoms with Gasteiger partial charge < -0.3 is 16.0 Å². The first-order valence-electron chi connectivity index (χ1n) is 6.54. The second kappa shape index (κ2) is 4.80. The van der Waals surface area contributed by atoms with Gasteiger partial charge in [-0.25, -0.2) is 0 Å². The van der Waals surface area contributed by atoms with Gasteiger partial charge in [0.25, 0.3) is 0 Å². The van der Waals surface area contributed by atoms with Gasteiger partial charge in [-0.1, -0.05) is 12.1 Å². The Morgan fingerprint density at radius 2 is 1.75 bits per heavy atom. The standard InChI is InChI=1S/C16H17N3S/c1-19(2)13-4-6-15-11(9-13)7-10-8-12(18-16(17)20)3-5-14(10)15/h3-6,8-9H,7H2,1-2H3,(H3,17,18,20). The predicted molar refractivity (Wildman–Crippen MR) is 89.4 cm³/mol. The topological polar surface area (TPSA) is 41.3 Å². The van der Waals surface area contributed by atoms with Gasteiger partial charge in [-0.3, -0.25) is 0 Å². The Morgan fingerprint density at radius 3 is 2.40 bits per heavy atom. The maximum absolute atomic E-state index is 5.52. The van der Waals surface area contributed by atoms with Crippen molar-refractivity contribution in [2.45, 2.75) is 6.42 Å². The van der Waals surface area contributed by atoms with Crippen molar-refractivity contribution in [3.63, 3.8) is 0 Å². The molecule has 0 atom stereocenters. The smallest absolute Gasteiger partial charge is 0.168 e.